The highest BCUT2D eigenvalue weighted by Crippen LogP contribution is 2.34. The zero-order valence-electron chi connectivity index (χ0n) is 13.0. The van der Waals surface area contributed by atoms with Crippen molar-refractivity contribution in [1.82, 2.24) is 10.3 Å². The van der Waals surface area contributed by atoms with E-state index in [-0.39, 0.29) is 6.04 Å². The number of rotatable bonds is 6. The molecule has 1 aromatic heterocycles. The summed E-state index contributed by atoms with van der Waals surface area (Å²) in [6, 6.07) is 10.1. The van der Waals surface area contributed by atoms with Crippen molar-refractivity contribution in [2.75, 3.05) is 14.2 Å². The minimum Gasteiger partial charge on any atom is -0.493 e. The van der Waals surface area contributed by atoms with Gasteiger partial charge in [0.25, 0.3) is 0 Å². The van der Waals surface area contributed by atoms with Gasteiger partial charge in [-0.15, -0.1) is 0 Å². The van der Waals surface area contributed by atoms with Gasteiger partial charge in [-0.25, -0.2) is 4.98 Å². The molecule has 0 saturated carbocycles. The Morgan fingerprint density at radius 3 is 2.71 bits per heavy atom. The number of benzene rings is 1. The van der Waals surface area contributed by atoms with Crippen LogP contribution < -0.4 is 14.8 Å². The molecule has 0 fully saturated rings. The molecule has 0 amide bonds. The molecule has 21 heavy (non-hydrogen) atoms. The number of methoxy groups -OCH3 is 1. The molecule has 4 nitrogen and oxygen atoms in total. The molecule has 1 atom stereocenters. The van der Waals surface area contributed by atoms with Crippen LogP contribution in [0.15, 0.2) is 36.5 Å². The van der Waals surface area contributed by atoms with Crippen LogP contribution >= 0.6 is 0 Å². The van der Waals surface area contributed by atoms with Crippen LogP contribution in [0.25, 0.3) is 0 Å². The highest BCUT2D eigenvalue weighted by atomic mass is 16.5. The molecule has 1 N–H and O–H groups in total. The maximum atomic E-state index is 5.98. The van der Waals surface area contributed by atoms with Crippen LogP contribution in [0.1, 0.15) is 31.0 Å². The van der Waals surface area contributed by atoms with Crippen LogP contribution in [0.3, 0.4) is 0 Å². The van der Waals surface area contributed by atoms with Crippen molar-refractivity contribution in [3.8, 4) is 17.4 Å². The Kier molecular flexibility index (Phi) is 5.17. The first-order chi connectivity index (χ1) is 10.2. The predicted octanol–water partition coefficient (Wildman–Crippen LogP) is 3.73. The van der Waals surface area contributed by atoms with Crippen LogP contribution in [-0.4, -0.2) is 19.1 Å². The molecule has 0 spiro atoms. The van der Waals surface area contributed by atoms with E-state index in [0.717, 1.165) is 17.7 Å². The van der Waals surface area contributed by atoms with Crippen LogP contribution in [-0.2, 0) is 6.42 Å². The topological polar surface area (TPSA) is 43.4 Å². The highest BCUT2D eigenvalue weighted by molar-refractivity contribution is 5.45. The third-order valence-electron chi connectivity index (χ3n) is 3.54. The first-order valence-corrected chi connectivity index (χ1v) is 7.16. The van der Waals surface area contributed by atoms with Gasteiger partial charge in [0.05, 0.1) is 7.11 Å². The zero-order valence-corrected chi connectivity index (χ0v) is 13.0. The lowest BCUT2D eigenvalue weighted by Gasteiger charge is -2.16. The van der Waals surface area contributed by atoms with Gasteiger partial charge >= 0.3 is 0 Å². The summed E-state index contributed by atoms with van der Waals surface area (Å²) in [6.07, 6.45) is 2.69. The van der Waals surface area contributed by atoms with Gasteiger partial charge < -0.3 is 14.8 Å². The molecule has 1 aromatic carbocycles. The largest absolute Gasteiger partial charge is 0.493 e. The van der Waals surface area contributed by atoms with Gasteiger partial charge in [0.15, 0.2) is 11.5 Å². The first kappa shape index (κ1) is 15.3. The van der Waals surface area contributed by atoms with Gasteiger partial charge in [0.1, 0.15) is 0 Å². The minimum atomic E-state index is 0.162. The van der Waals surface area contributed by atoms with Crippen LogP contribution in [0, 0.1) is 0 Å². The molecule has 4 heteroatoms. The SMILES string of the molecule is CCc1ccc(Oc2ncccc2C(C)NC)c(OC)c1. The molecule has 1 heterocycles. The standard InChI is InChI=1S/C17H22N2O2/c1-5-13-8-9-15(16(11-13)20-4)21-17-14(12(2)18-3)7-6-10-19-17/h6-12,18H,5H2,1-4H3. The average Bonchev–Trinajstić information content (AvgIpc) is 2.55. The Bertz CT molecular complexity index is 599. The number of pyridine rings is 1. The fraction of sp³-hybridized carbons (Fsp3) is 0.353. The van der Waals surface area contributed by atoms with E-state index in [1.54, 1.807) is 13.3 Å². The van der Waals surface area contributed by atoms with E-state index in [4.69, 9.17) is 9.47 Å². The molecule has 0 saturated heterocycles. The summed E-state index contributed by atoms with van der Waals surface area (Å²) in [5.74, 6) is 2.00. The van der Waals surface area contributed by atoms with Crippen molar-refractivity contribution in [1.29, 1.82) is 0 Å². The Morgan fingerprint density at radius 2 is 2.05 bits per heavy atom. The fourth-order valence-electron chi connectivity index (χ4n) is 2.09. The van der Waals surface area contributed by atoms with Crippen LogP contribution in [0.5, 0.6) is 17.4 Å². The van der Waals surface area contributed by atoms with Crippen molar-refractivity contribution in [3.63, 3.8) is 0 Å². The summed E-state index contributed by atoms with van der Waals surface area (Å²) >= 11 is 0. The normalized spacial score (nSPS) is 12.0. The number of nitrogens with zero attached hydrogens (tertiary/aromatic N) is 1. The van der Waals surface area contributed by atoms with Crippen molar-refractivity contribution in [3.05, 3.63) is 47.7 Å². The van der Waals surface area contributed by atoms with E-state index >= 15 is 0 Å². The first-order valence-electron chi connectivity index (χ1n) is 7.16. The van der Waals surface area contributed by atoms with Crippen molar-refractivity contribution >= 4 is 0 Å². The van der Waals surface area contributed by atoms with E-state index < -0.39 is 0 Å². The lowest BCUT2D eigenvalue weighted by atomic mass is 10.1. The molecule has 0 radical (unpaired) electrons. The second-order valence-electron chi connectivity index (χ2n) is 4.85. The monoisotopic (exact) mass is 286 g/mol. The Hall–Kier alpha value is -2.07. The maximum absolute atomic E-state index is 5.98. The molecule has 0 aliphatic heterocycles. The summed E-state index contributed by atoms with van der Waals surface area (Å²) in [6.45, 7) is 4.18. The Labute approximate surface area is 126 Å². The molecule has 2 aromatic rings. The summed E-state index contributed by atoms with van der Waals surface area (Å²) in [7, 11) is 3.56. The third-order valence-corrected chi connectivity index (χ3v) is 3.54. The van der Waals surface area contributed by atoms with E-state index in [1.165, 1.54) is 5.56 Å². The second-order valence-corrected chi connectivity index (χ2v) is 4.85. The number of ether oxygens (including phenoxy) is 2. The van der Waals surface area contributed by atoms with E-state index in [0.29, 0.717) is 11.6 Å². The Balaban J connectivity index is 2.34. The number of nitrogens with one attached hydrogen (secondary N) is 1. The van der Waals surface area contributed by atoms with Crippen molar-refractivity contribution in [2.24, 2.45) is 0 Å². The minimum absolute atomic E-state index is 0.162. The van der Waals surface area contributed by atoms with Crippen LogP contribution in [0.2, 0.25) is 0 Å². The maximum Gasteiger partial charge on any atom is 0.224 e. The molecular formula is C17H22N2O2. The number of aryl methyl sites for hydroxylation is 1. The molecule has 0 bridgehead atoms. The van der Waals surface area contributed by atoms with Gasteiger partial charge in [-0.2, -0.15) is 0 Å². The molecular weight excluding hydrogens is 264 g/mol. The average molecular weight is 286 g/mol. The smallest absolute Gasteiger partial charge is 0.224 e. The van der Waals surface area contributed by atoms with Gasteiger partial charge in [0.2, 0.25) is 5.88 Å². The van der Waals surface area contributed by atoms with Gasteiger partial charge in [-0.1, -0.05) is 19.1 Å². The molecule has 0 aliphatic rings. The number of hydrogen-bond acceptors (Lipinski definition) is 4. The third kappa shape index (κ3) is 3.52. The highest BCUT2D eigenvalue weighted by Gasteiger charge is 2.14. The quantitative estimate of drug-likeness (QED) is 0.879. The lowest BCUT2D eigenvalue weighted by Crippen LogP contribution is -2.13. The van der Waals surface area contributed by atoms with Gasteiger partial charge in [-0.05, 0) is 44.2 Å². The van der Waals surface area contributed by atoms with Crippen molar-refractivity contribution < 1.29 is 9.47 Å². The molecule has 0 aliphatic carbocycles. The zero-order chi connectivity index (χ0) is 15.2. The summed E-state index contributed by atoms with van der Waals surface area (Å²) in [5, 5.41) is 3.20. The summed E-state index contributed by atoms with van der Waals surface area (Å²) < 4.78 is 11.4. The van der Waals surface area contributed by atoms with E-state index in [9.17, 15) is 0 Å². The van der Waals surface area contributed by atoms with Crippen LogP contribution in [0.4, 0.5) is 0 Å². The van der Waals surface area contributed by atoms with Gasteiger partial charge in [0, 0.05) is 17.8 Å². The molecule has 2 rings (SSSR count). The number of hydrogen-bond donors (Lipinski definition) is 1. The predicted molar refractivity (Wildman–Crippen MR) is 84.2 cm³/mol. The van der Waals surface area contributed by atoms with E-state index in [1.807, 2.05) is 37.4 Å². The van der Waals surface area contributed by atoms with Crippen molar-refractivity contribution in [2.45, 2.75) is 26.3 Å². The fourth-order valence-corrected chi connectivity index (χ4v) is 2.09. The lowest BCUT2D eigenvalue weighted by molar-refractivity contribution is 0.370. The second kappa shape index (κ2) is 7.09. The molecule has 1 unspecified atom stereocenters. The Morgan fingerprint density at radius 1 is 1.24 bits per heavy atom. The van der Waals surface area contributed by atoms with E-state index in [2.05, 4.69) is 24.1 Å². The number of aromatic nitrogens is 1. The van der Waals surface area contributed by atoms with Gasteiger partial charge in [-0.3, -0.25) is 0 Å². The molecule has 112 valence electrons. The summed E-state index contributed by atoms with van der Waals surface area (Å²) in [4.78, 5) is 4.34. The summed E-state index contributed by atoms with van der Waals surface area (Å²) in [5.41, 5.74) is 2.23.